The standard InChI is InChI=1S/C6H12N6/c1-9-5-3(7)4(8)11-6(10-2)12-5/h7H2,1-2H3,(H4,8,9,10,11,12). The van der Waals surface area contributed by atoms with Gasteiger partial charge < -0.3 is 22.1 Å². The van der Waals surface area contributed by atoms with E-state index in [2.05, 4.69) is 20.6 Å². The van der Waals surface area contributed by atoms with Crippen LogP contribution in [-0.2, 0) is 0 Å². The van der Waals surface area contributed by atoms with E-state index in [9.17, 15) is 0 Å². The molecule has 0 aromatic carbocycles. The molecule has 0 aliphatic carbocycles. The molecular weight excluding hydrogens is 156 g/mol. The van der Waals surface area contributed by atoms with Gasteiger partial charge in [0, 0.05) is 14.1 Å². The van der Waals surface area contributed by atoms with Crippen LogP contribution in [0.5, 0.6) is 0 Å². The Labute approximate surface area is 70.4 Å². The molecule has 0 unspecified atom stereocenters. The molecule has 0 spiro atoms. The minimum absolute atomic E-state index is 0.277. The Bertz CT molecular complexity index is 284. The number of nitrogens with one attached hydrogen (secondary N) is 2. The Morgan fingerprint density at radius 2 is 1.75 bits per heavy atom. The lowest BCUT2D eigenvalue weighted by molar-refractivity contribution is 1.16. The molecule has 1 aromatic rings. The van der Waals surface area contributed by atoms with Gasteiger partial charge in [-0.2, -0.15) is 9.97 Å². The van der Waals surface area contributed by atoms with Crippen LogP contribution in [0.25, 0.3) is 0 Å². The van der Waals surface area contributed by atoms with Crippen molar-refractivity contribution >= 4 is 23.3 Å². The molecule has 0 atom stereocenters. The molecule has 0 aliphatic rings. The summed E-state index contributed by atoms with van der Waals surface area (Å²) >= 11 is 0. The molecule has 12 heavy (non-hydrogen) atoms. The fourth-order valence-electron chi connectivity index (χ4n) is 0.789. The van der Waals surface area contributed by atoms with Crippen molar-refractivity contribution in [2.45, 2.75) is 0 Å². The van der Waals surface area contributed by atoms with Crippen molar-refractivity contribution in [2.75, 3.05) is 36.2 Å². The first kappa shape index (κ1) is 8.38. The van der Waals surface area contributed by atoms with E-state index in [0.717, 1.165) is 0 Å². The summed E-state index contributed by atoms with van der Waals surface area (Å²) < 4.78 is 0. The normalized spacial score (nSPS) is 9.50. The van der Waals surface area contributed by atoms with Crippen molar-refractivity contribution in [3.8, 4) is 0 Å². The van der Waals surface area contributed by atoms with E-state index >= 15 is 0 Å². The lowest BCUT2D eigenvalue weighted by Gasteiger charge is -2.07. The molecule has 66 valence electrons. The molecule has 6 heteroatoms. The molecule has 0 saturated carbocycles. The summed E-state index contributed by atoms with van der Waals surface area (Å²) in [7, 11) is 3.43. The monoisotopic (exact) mass is 168 g/mol. The summed E-state index contributed by atoms with van der Waals surface area (Å²) in [5.74, 6) is 1.26. The Morgan fingerprint density at radius 1 is 1.08 bits per heavy atom. The summed E-state index contributed by atoms with van der Waals surface area (Å²) in [5, 5.41) is 5.59. The molecular formula is C6H12N6. The van der Waals surface area contributed by atoms with Gasteiger partial charge in [0.25, 0.3) is 0 Å². The fraction of sp³-hybridized carbons (Fsp3) is 0.333. The first-order valence-electron chi connectivity index (χ1n) is 3.47. The minimum atomic E-state index is 0.277. The Morgan fingerprint density at radius 3 is 2.25 bits per heavy atom. The van der Waals surface area contributed by atoms with Crippen LogP contribution in [0.2, 0.25) is 0 Å². The second-order valence-corrected chi connectivity index (χ2v) is 2.19. The largest absolute Gasteiger partial charge is 0.393 e. The molecule has 0 saturated heterocycles. The summed E-state index contributed by atoms with van der Waals surface area (Å²) in [6.45, 7) is 0. The summed E-state index contributed by atoms with van der Waals surface area (Å²) in [6.07, 6.45) is 0. The highest BCUT2D eigenvalue weighted by atomic mass is 15.2. The van der Waals surface area contributed by atoms with Crippen LogP contribution < -0.4 is 22.1 Å². The summed E-state index contributed by atoms with van der Waals surface area (Å²) in [5.41, 5.74) is 11.5. The maximum absolute atomic E-state index is 5.58. The van der Waals surface area contributed by atoms with Crippen molar-refractivity contribution in [1.29, 1.82) is 0 Å². The van der Waals surface area contributed by atoms with Gasteiger partial charge in [-0.15, -0.1) is 0 Å². The van der Waals surface area contributed by atoms with Gasteiger partial charge in [-0.3, -0.25) is 0 Å². The number of hydrogen-bond donors (Lipinski definition) is 4. The number of nitrogens with two attached hydrogens (primary N) is 2. The van der Waals surface area contributed by atoms with Crippen LogP contribution in [0.15, 0.2) is 0 Å². The molecule has 0 amide bonds. The van der Waals surface area contributed by atoms with Gasteiger partial charge in [0.05, 0.1) is 0 Å². The minimum Gasteiger partial charge on any atom is -0.393 e. The highest BCUT2D eigenvalue weighted by molar-refractivity contribution is 5.74. The van der Waals surface area contributed by atoms with Crippen LogP contribution >= 0.6 is 0 Å². The first-order valence-corrected chi connectivity index (χ1v) is 3.47. The Balaban J connectivity index is 3.19. The predicted molar refractivity (Wildman–Crippen MR) is 50.0 cm³/mol. The van der Waals surface area contributed by atoms with E-state index in [1.54, 1.807) is 14.1 Å². The van der Waals surface area contributed by atoms with Gasteiger partial charge in [-0.1, -0.05) is 0 Å². The molecule has 6 nitrogen and oxygen atoms in total. The number of aromatic nitrogens is 2. The van der Waals surface area contributed by atoms with Crippen molar-refractivity contribution < 1.29 is 0 Å². The zero-order valence-corrected chi connectivity index (χ0v) is 7.05. The van der Waals surface area contributed by atoms with Crippen LogP contribution in [0.1, 0.15) is 0 Å². The number of nitrogens with zero attached hydrogens (tertiary/aromatic N) is 2. The van der Waals surface area contributed by atoms with Crippen molar-refractivity contribution in [3.05, 3.63) is 0 Å². The maximum Gasteiger partial charge on any atom is 0.226 e. The predicted octanol–water partition coefficient (Wildman–Crippen LogP) is -0.276. The van der Waals surface area contributed by atoms with E-state index < -0.39 is 0 Å². The smallest absolute Gasteiger partial charge is 0.226 e. The van der Waals surface area contributed by atoms with E-state index in [-0.39, 0.29) is 5.82 Å². The Kier molecular flexibility index (Phi) is 2.18. The van der Waals surface area contributed by atoms with E-state index in [4.69, 9.17) is 11.5 Å². The van der Waals surface area contributed by atoms with Crippen molar-refractivity contribution in [2.24, 2.45) is 0 Å². The fourth-order valence-corrected chi connectivity index (χ4v) is 0.789. The summed E-state index contributed by atoms with van der Waals surface area (Å²) in [6, 6.07) is 0. The van der Waals surface area contributed by atoms with E-state index in [1.165, 1.54) is 0 Å². The van der Waals surface area contributed by atoms with Gasteiger partial charge in [0.2, 0.25) is 5.95 Å². The lowest BCUT2D eigenvalue weighted by Crippen LogP contribution is -2.08. The highest BCUT2D eigenvalue weighted by Crippen LogP contribution is 2.21. The number of rotatable bonds is 2. The van der Waals surface area contributed by atoms with Crippen molar-refractivity contribution in [3.63, 3.8) is 0 Å². The quantitative estimate of drug-likeness (QED) is 0.484. The average molecular weight is 168 g/mol. The third kappa shape index (κ3) is 1.31. The molecule has 1 heterocycles. The second-order valence-electron chi connectivity index (χ2n) is 2.19. The molecule has 1 aromatic heterocycles. The molecule has 0 aliphatic heterocycles. The van der Waals surface area contributed by atoms with Gasteiger partial charge in [-0.25, -0.2) is 0 Å². The van der Waals surface area contributed by atoms with Gasteiger partial charge in [0.1, 0.15) is 5.69 Å². The first-order chi connectivity index (χ1) is 5.69. The average Bonchev–Trinajstić information content (AvgIpc) is 2.09. The van der Waals surface area contributed by atoms with Crippen molar-refractivity contribution in [1.82, 2.24) is 9.97 Å². The van der Waals surface area contributed by atoms with Crippen LogP contribution in [-0.4, -0.2) is 24.1 Å². The van der Waals surface area contributed by atoms with Crippen LogP contribution in [0.4, 0.5) is 23.3 Å². The third-order valence-corrected chi connectivity index (χ3v) is 1.44. The van der Waals surface area contributed by atoms with Crippen LogP contribution in [0, 0.1) is 0 Å². The summed E-state index contributed by atoms with van der Waals surface area (Å²) in [4.78, 5) is 7.92. The maximum atomic E-state index is 5.58. The Hall–Kier alpha value is -1.72. The zero-order chi connectivity index (χ0) is 9.14. The SMILES string of the molecule is CNc1nc(N)c(N)c(NC)n1. The topological polar surface area (TPSA) is 102 Å². The van der Waals surface area contributed by atoms with Gasteiger partial charge in [0.15, 0.2) is 11.6 Å². The van der Waals surface area contributed by atoms with E-state index in [1.807, 2.05) is 0 Å². The number of nitrogen functional groups attached to an aromatic ring is 2. The number of anilines is 4. The zero-order valence-electron chi connectivity index (χ0n) is 7.05. The van der Waals surface area contributed by atoms with Crippen LogP contribution in [0.3, 0.4) is 0 Å². The van der Waals surface area contributed by atoms with E-state index in [0.29, 0.717) is 17.5 Å². The highest BCUT2D eigenvalue weighted by Gasteiger charge is 2.05. The third-order valence-electron chi connectivity index (χ3n) is 1.44. The number of hydrogen-bond acceptors (Lipinski definition) is 6. The molecule has 1 rings (SSSR count). The lowest BCUT2D eigenvalue weighted by atomic mass is 10.4. The molecule has 0 fully saturated rings. The second kappa shape index (κ2) is 3.12. The molecule has 0 radical (unpaired) electrons. The molecule has 6 N–H and O–H groups in total. The molecule has 0 bridgehead atoms. The van der Waals surface area contributed by atoms with Gasteiger partial charge >= 0.3 is 0 Å². The van der Waals surface area contributed by atoms with Gasteiger partial charge in [-0.05, 0) is 0 Å².